The molecule has 110 valence electrons. The van der Waals surface area contributed by atoms with E-state index in [1.807, 2.05) is 26.0 Å². The largest absolute Gasteiger partial charge is 0.497 e. The van der Waals surface area contributed by atoms with Crippen molar-refractivity contribution in [2.75, 3.05) is 13.7 Å². The van der Waals surface area contributed by atoms with Crippen LogP contribution in [0.2, 0.25) is 0 Å². The molecular formula is C17H25NO2. The zero-order chi connectivity index (χ0) is 14.6. The minimum Gasteiger partial charge on any atom is -0.497 e. The van der Waals surface area contributed by atoms with Crippen LogP contribution in [0.5, 0.6) is 5.75 Å². The number of nitrogens with one attached hydrogen (secondary N) is 1. The Morgan fingerprint density at radius 3 is 2.35 bits per heavy atom. The number of methoxy groups -OCH3 is 1. The van der Waals surface area contributed by atoms with Crippen LogP contribution in [0.4, 0.5) is 0 Å². The van der Waals surface area contributed by atoms with Crippen molar-refractivity contribution in [1.29, 1.82) is 0 Å². The molecule has 2 rings (SSSR count). The van der Waals surface area contributed by atoms with Crippen molar-refractivity contribution in [3.63, 3.8) is 0 Å². The number of benzene rings is 1. The fourth-order valence-corrected chi connectivity index (χ4v) is 3.02. The van der Waals surface area contributed by atoms with Gasteiger partial charge in [-0.3, -0.25) is 4.79 Å². The Morgan fingerprint density at radius 1 is 1.25 bits per heavy atom. The Bertz CT molecular complexity index is 445. The van der Waals surface area contributed by atoms with Crippen molar-refractivity contribution in [2.45, 2.75) is 44.9 Å². The van der Waals surface area contributed by atoms with E-state index in [1.54, 1.807) is 7.11 Å². The van der Waals surface area contributed by atoms with Crippen molar-refractivity contribution in [2.24, 2.45) is 5.92 Å². The molecule has 1 aromatic rings. The number of hydrogen-bond donors (Lipinski definition) is 1. The minimum atomic E-state index is 0.0457. The van der Waals surface area contributed by atoms with Crippen LogP contribution in [0.25, 0.3) is 0 Å². The van der Waals surface area contributed by atoms with E-state index in [2.05, 4.69) is 17.4 Å². The van der Waals surface area contributed by atoms with Crippen LogP contribution < -0.4 is 10.1 Å². The average molecular weight is 275 g/mol. The van der Waals surface area contributed by atoms with Crippen LogP contribution in [0.15, 0.2) is 24.3 Å². The predicted octanol–water partition coefficient (Wildman–Crippen LogP) is 3.28. The standard InChI is InChI=1S/C17H25NO2/c1-13(2)16(19)18-12-17(10-4-5-11-17)14-6-8-15(20-3)9-7-14/h6-9,13H,4-5,10-12H2,1-3H3,(H,18,19). The third-order valence-electron chi connectivity index (χ3n) is 4.39. The highest BCUT2D eigenvalue weighted by Crippen LogP contribution is 2.41. The van der Waals surface area contributed by atoms with Crippen molar-refractivity contribution in [1.82, 2.24) is 5.32 Å². The van der Waals surface area contributed by atoms with E-state index < -0.39 is 0 Å². The van der Waals surface area contributed by atoms with E-state index in [-0.39, 0.29) is 17.2 Å². The summed E-state index contributed by atoms with van der Waals surface area (Å²) < 4.78 is 5.22. The van der Waals surface area contributed by atoms with Gasteiger partial charge in [-0.2, -0.15) is 0 Å². The van der Waals surface area contributed by atoms with Gasteiger partial charge in [-0.05, 0) is 30.5 Å². The van der Waals surface area contributed by atoms with Crippen molar-refractivity contribution >= 4 is 5.91 Å². The molecule has 0 aliphatic heterocycles. The smallest absolute Gasteiger partial charge is 0.222 e. The van der Waals surface area contributed by atoms with Gasteiger partial charge < -0.3 is 10.1 Å². The van der Waals surface area contributed by atoms with Gasteiger partial charge in [0, 0.05) is 17.9 Å². The molecule has 0 spiro atoms. The third kappa shape index (κ3) is 3.14. The third-order valence-corrected chi connectivity index (χ3v) is 4.39. The molecule has 1 aliphatic carbocycles. The Hall–Kier alpha value is -1.51. The fraction of sp³-hybridized carbons (Fsp3) is 0.588. The highest BCUT2D eigenvalue weighted by Gasteiger charge is 2.36. The summed E-state index contributed by atoms with van der Waals surface area (Å²) in [6.45, 7) is 4.62. The number of ether oxygens (including phenoxy) is 1. The Kier molecular flexibility index (Phi) is 4.69. The van der Waals surface area contributed by atoms with Crippen LogP contribution in [0.3, 0.4) is 0 Å². The lowest BCUT2D eigenvalue weighted by atomic mass is 9.78. The molecular weight excluding hydrogens is 250 g/mol. The zero-order valence-electron chi connectivity index (χ0n) is 12.7. The lowest BCUT2D eigenvalue weighted by molar-refractivity contribution is -0.124. The molecule has 0 heterocycles. The van der Waals surface area contributed by atoms with Crippen LogP contribution in [0, 0.1) is 5.92 Å². The first-order valence-corrected chi connectivity index (χ1v) is 7.50. The van der Waals surface area contributed by atoms with Crippen molar-refractivity contribution < 1.29 is 9.53 Å². The summed E-state index contributed by atoms with van der Waals surface area (Å²) in [6.07, 6.45) is 4.78. The van der Waals surface area contributed by atoms with Crippen LogP contribution in [0.1, 0.15) is 45.1 Å². The van der Waals surface area contributed by atoms with E-state index in [9.17, 15) is 4.79 Å². The summed E-state index contributed by atoms with van der Waals surface area (Å²) >= 11 is 0. The van der Waals surface area contributed by atoms with Gasteiger partial charge in [0.1, 0.15) is 5.75 Å². The summed E-state index contributed by atoms with van der Waals surface area (Å²) in [5.74, 6) is 1.07. The van der Waals surface area contributed by atoms with Gasteiger partial charge in [-0.15, -0.1) is 0 Å². The molecule has 3 nitrogen and oxygen atoms in total. The van der Waals surface area contributed by atoms with Gasteiger partial charge in [0.05, 0.1) is 7.11 Å². The van der Waals surface area contributed by atoms with E-state index >= 15 is 0 Å². The lowest BCUT2D eigenvalue weighted by Gasteiger charge is -2.30. The number of carbonyl (C=O) groups excluding carboxylic acids is 1. The molecule has 3 heteroatoms. The summed E-state index contributed by atoms with van der Waals surface area (Å²) in [6, 6.07) is 8.32. The second-order valence-electron chi connectivity index (χ2n) is 6.09. The SMILES string of the molecule is COc1ccc(C2(CNC(=O)C(C)C)CCCC2)cc1. The summed E-state index contributed by atoms with van der Waals surface area (Å²) in [5, 5.41) is 3.12. The van der Waals surface area contributed by atoms with Gasteiger partial charge in [0.2, 0.25) is 5.91 Å². The average Bonchev–Trinajstić information content (AvgIpc) is 2.95. The zero-order valence-corrected chi connectivity index (χ0v) is 12.7. The van der Waals surface area contributed by atoms with Crippen LogP contribution in [-0.4, -0.2) is 19.6 Å². The monoisotopic (exact) mass is 275 g/mol. The molecule has 1 aliphatic rings. The maximum absolute atomic E-state index is 11.8. The van der Waals surface area contributed by atoms with Gasteiger partial charge in [0.25, 0.3) is 0 Å². The van der Waals surface area contributed by atoms with Gasteiger partial charge in [-0.25, -0.2) is 0 Å². The van der Waals surface area contributed by atoms with E-state index in [1.165, 1.54) is 18.4 Å². The Morgan fingerprint density at radius 2 is 1.85 bits per heavy atom. The van der Waals surface area contributed by atoms with Gasteiger partial charge in [-0.1, -0.05) is 38.8 Å². The molecule has 0 bridgehead atoms. The normalized spacial score (nSPS) is 17.2. The second-order valence-corrected chi connectivity index (χ2v) is 6.09. The number of carbonyl (C=O) groups is 1. The Labute approximate surface area is 121 Å². The number of rotatable bonds is 5. The molecule has 0 unspecified atom stereocenters. The van der Waals surface area contributed by atoms with Crippen molar-refractivity contribution in [3.8, 4) is 5.75 Å². The van der Waals surface area contributed by atoms with Gasteiger partial charge >= 0.3 is 0 Å². The molecule has 1 saturated carbocycles. The Balaban J connectivity index is 2.14. The van der Waals surface area contributed by atoms with E-state index in [4.69, 9.17) is 4.74 Å². The summed E-state index contributed by atoms with van der Waals surface area (Å²) in [5.41, 5.74) is 1.43. The maximum atomic E-state index is 11.8. The van der Waals surface area contributed by atoms with E-state index in [0.29, 0.717) is 0 Å². The molecule has 0 atom stereocenters. The number of hydrogen-bond acceptors (Lipinski definition) is 2. The van der Waals surface area contributed by atoms with Crippen LogP contribution >= 0.6 is 0 Å². The highest BCUT2D eigenvalue weighted by molar-refractivity contribution is 5.77. The maximum Gasteiger partial charge on any atom is 0.222 e. The molecule has 1 amide bonds. The first-order chi connectivity index (χ1) is 9.57. The van der Waals surface area contributed by atoms with Crippen molar-refractivity contribution in [3.05, 3.63) is 29.8 Å². The molecule has 0 aromatic heterocycles. The van der Waals surface area contributed by atoms with Crippen LogP contribution in [-0.2, 0) is 10.2 Å². The summed E-state index contributed by atoms with van der Waals surface area (Å²) in [4.78, 5) is 11.8. The fourth-order valence-electron chi connectivity index (χ4n) is 3.02. The number of amides is 1. The molecule has 1 aromatic carbocycles. The molecule has 20 heavy (non-hydrogen) atoms. The molecule has 0 saturated heterocycles. The minimum absolute atomic E-state index is 0.0457. The highest BCUT2D eigenvalue weighted by atomic mass is 16.5. The first kappa shape index (κ1) is 14.9. The lowest BCUT2D eigenvalue weighted by Crippen LogP contribution is -2.40. The molecule has 0 radical (unpaired) electrons. The van der Waals surface area contributed by atoms with Gasteiger partial charge in [0.15, 0.2) is 0 Å². The first-order valence-electron chi connectivity index (χ1n) is 7.50. The summed E-state index contributed by atoms with van der Waals surface area (Å²) in [7, 11) is 1.68. The quantitative estimate of drug-likeness (QED) is 0.895. The topological polar surface area (TPSA) is 38.3 Å². The molecule has 1 fully saturated rings. The second kappa shape index (κ2) is 6.29. The molecule has 1 N–H and O–H groups in total. The van der Waals surface area contributed by atoms with E-state index in [0.717, 1.165) is 25.1 Å². The predicted molar refractivity (Wildman–Crippen MR) is 81.0 cm³/mol.